The summed E-state index contributed by atoms with van der Waals surface area (Å²) < 4.78 is 31.2. The van der Waals surface area contributed by atoms with E-state index in [1.807, 2.05) is 0 Å². The molecule has 0 spiro atoms. The number of aliphatic hydroxyl groups excluding tert-OH is 1. The van der Waals surface area contributed by atoms with Crippen LogP contribution < -0.4 is 5.73 Å². The lowest BCUT2D eigenvalue weighted by Crippen LogP contribution is -2.46. The maximum Gasteiger partial charge on any atom is 0.243 e. The molecular formula is C11H16N2O5S. The number of aliphatic hydroxyl groups is 1. The van der Waals surface area contributed by atoms with Crippen LogP contribution in [0.4, 0.5) is 5.69 Å². The number of hydrogen-bond acceptors (Lipinski definition) is 6. The van der Waals surface area contributed by atoms with E-state index >= 15 is 0 Å². The molecule has 1 heterocycles. The zero-order valence-corrected chi connectivity index (χ0v) is 11.0. The molecule has 106 valence electrons. The van der Waals surface area contributed by atoms with Crippen molar-refractivity contribution in [3.8, 4) is 5.75 Å². The number of phenols is 1. The average Bonchev–Trinajstić information content (AvgIpc) is 2.41. The summed E-state index contributed by atoms with van der Waals surface area (Å²) in [7, 11) is -3.69. The van der Waals surface area contributed by atoms with Gasteiger partial charge in [0.05, 0.1) is 29.9 Å². The summed E-state index contributed by atoms with van der Waals surface area (Å²) in [6.45, 7) is 0.320. The molecular weight excluding hydrogens is 272 g/mol. The van der Waals surface area contributed by atoms with Crippen LogP contribution in [0.2, 0.25) is 0 Å². The SMILES string of the molecule is Nc1cc(S(=O)(=O)N2CCOC(CO)C2)ccc1O. The number of ether oxygens (including phenoxy) is 1. The molecule has 1 fully saturated rings. The molecule has 0 aromatic heterocycles. The minimum Gasteiger partial charge on any atom is -0.506 e. The first kappa shape index (κ1) is 14.1. The Morgan fingerprint density at radius 2 is 2.21 bits per heavy atom. The molecule has 0 bridgehead atoms. The first-order chi connectivity index (χ1) is 8.95. The normalized spacial score (nSPS) is 21.4. The first-order valence-corrected chi connectivity index (χ1v) is 7.20. The molecule has 0 radical (unpaired) electrons. The molecule has 1 saturated heterocycles. The number of nitrogen functional groups attached to an aromatic ring is 1. The topological polar surface area (TPSA) is 113 Å². The van der Waals surface area contributed by atoms with E-state index in [2.05, 4.69) is 0 Å². The van der Waals surface area contributed by atoms with E-state index in [0.29, 0.717) is 0 Å². The molecule has 8 heteroatoms. The van der Waals surface area contributed by atoms with Crippen molar-refractivity contribution in [2.75, 3.05) is 32.0 Å². The second kappa shape index (κ2) is 5.33. The van der Waals surface area contributed by atoms with Gasteiger partial charge in [0.1, 0.15) is 5.75 Å². The molecule has 1 aromatic carbocycles. The molecule has 1 unspecified atom stereocenters. The van der Waals surface area contributed by atoms with Crippen LogP contribution >= 0.6 is 0 Å². The van der Waals surface area contributed by atoms with Gasteiger partial charge in [-0.2, -0.15) is 4.31 Å². The Morgan fingerprint density at radius 3 is 2.84 bits per heavy atom. The van der Waals surface area contributed by atoms with Crippen LogP contribution in [0.5, 0.6) is 5.75 Å². The molecule has 19 heavy (non-hydrogen) atoms. The van der Waals surface area contributed by atoms with Crippen molar-refractivity contribution in [2.45, 2.75) is 11.0 Å². The second-order valence-electron chi connectivity index (χ2n) is 4.26. The third kappa shape index (κ3) is 2.81. The van der Waals surface area contributed by atoms with Crippen molar-refractivity contribution in [3.63, 3.8) is 0 Å². The Bertz CT molecular complexity index is 560. The fourth-order valence-corrected chi connectivity index (χ4v) is 3.35. The number of aromatic hydroxyl groups is 1. The molecule has 2 rings (SSSR count). The quantitative estimate of drug-likeness (QED) is 0.503. The van der Waals surface area contributed by atoms with Gasteiger partial charge >= 0.3 is 0 Å². The molecule has 1 aromatic rings. The van der Waals surface area contributed by atoms with Crippen LogP contribution in [-0.2, 0) is 14.8 Å². The van der Waals surface area contributed by atoms with Crippen molar-refractivity contribution in [1.29, 1.82) is 0 Å². The van der Waals surface area contributed by atoms with Crippen LogP contribution in [0, 0.1) is 0 Å². The summed E-state index contributed by atoms with van der Waals surface area (Å²) in [6, 6.07) is 3.75. The Kier molecular flexibility index (Phi) is 3.95. The van der Waals surface area contributed by atoms with E-state index in [-0.39, 0.29) is 42.6 Å². The molecule has 0 saturated carbocycles. The molecule has 0 amide bonds. The number of hydrogen-bond donors (Lipinski definition) is 3. The van der Waals surface area contributed by atoms with Crippen molar-refractivity contribution in [2.24, 2.45) is 0 Å². The predicted octanol–water partition coefficient (Wildman–Crippen LogP) is -0.644. The van der Waals surface area contributed by atoms with Crippen LogP contribution in [0.3, 0.4) is 0 Å². The van der Waals surface area contributed by atoms with Gasteiger partial charge in [-0.3, -0.25) is 0 Å². The van der Waals surface area contributed by atoms with Crippen LogP contribution in [0.15, 0.2) is 23.1 Å². The fourth-order valence-electron chi connectivity index (χ4n) is 1.86. The molecule has 0 aliphatic carbocycles. The highest BCUT2D eigenvalue weighted by Gasteiger charge is 2.30. The van der Waals surface area contributed by atoms with Crippen LogP contribution in [0.1, 0.15) is 0 Å². The van der Waals surface area contributed by atoms with Gasteiger partial charge in [0, 0.05) is 13.1 Å². The number of sulfonamides is 1. The van der Waals surface area contributed by atoms with Crippen molar-refractivity contribution >= 4 is 15.7 Å². The Hall–Kier alpha value is -1.35. The summed E-state index contributed by atoms with van der Waals surface area (Å²) in [4.78, 5) is 0.0152. The van der Waals surface area contributed by atoms with Crippen LogP contribution in [-0.4, -0.2) is 55.3 Å². The van der Waals surface area contributed by atoms with E-state index in [1.165, 1.54) is 22.5 Å². The van der Waals surface area contributed by atoms with Crippen LogP contribution in [0.25, 0.3) is 0 Å². The summed E-state index contributed by atoms with van der Waals surface area (Å²) >= 11 is 0. The monoisotopic (exact) mass is 288 g/mol. The van der Waals surface area contributed by atoms with E-state index in [9.17, 15) is 13.5 Å². The third-order valence-electron chi connectivity index (χ3n) is 2.94. The third-order valence-corrected chi connectivity index (χ3v) is 4.80. The van der Waals surface area contributed by atoms with Gasteiger partial charge in [-0.1, -0.05) is 0 Å². The number of anilines is 1. The predicted molar refractivity (Wildman–Crippen MR) is 68.1 cm³/mol. The Labute approximate surface area is 111 Å². The average molecular weight is 288 g/mol. The number of morpholine rings is 1. The van der Waals surface area contributed by atoms with Gasteiger partial charge in [0.2, 0.25) is 10.0 Å². The van der Waals surface area contributed by atoms with Crippen molar-refractivity contribution < 1.29 is 23.4 Å². The van der Waals surface area contributed by atoms with E-state index in [4.69, 9.17) is 15.6 Å². The smallest absolute Gasteiger partial charge is 0.243 e. The summed E-state index contributed by atoms with van der Waals surface area (Å²) in [5.41, 5.74) is 5.51. The highest BCUT2D eigenvalue weighted by molar-refractivity contribution is 7.89. The largest absolute Gasteiger partial charge is 0.506 e. The lowest BCUT2D eigenvalue weighted by molar-refractivity contribution is -0.0304. The molecule has 1 atom stereocenters. The van der Waals surface area contributed by atoms with Gasteiger partial charge < -0.3 is 20.7 Å². The molecule has 1 aliphatic rings. The number of nitrogens with two attached hydrogens (primary N) is 1. The highest BCUT2D eigenvalue weighted by Crippen LogP contribution is 2.26. The molecule has 1 aliphatic heterocycles. The van der Waals surface area contributed by atoms with E-state index in [0.717, 1.165) is 0 Å². The van der Waals surface area contributed by atoms with Gasteiger partial charge in [-0.25, -0.2) is 8.42 Å². The number of benzene rings is 1. The minimum atomic E-state index is -3.69. The number of phenolic OH excluding ortho intramolecular Hbond substituents is 1. The Balaban J connectivity index is 2.28. The first-order valence-electron chi connectivity index (χ1n) is 5.76. The fraction of sp³-hybridized carbons (Fsp3) is 0.455. The zero-order chi connectivity index (χ0) is 14.0. The molecule has 4 N–H and O–H groups in total. The highest BCUT2D eigenvalue weighted by atomic mass is 32.2. The second-order valence-corrected chi connectivity index (χ2v) is 6.20. The van der Waals surface area contributed by atoms with Crippen molar-refractivity contribution in [3.05, 3.63) is 18.2 Å². The lowest BCUT2D eigenvalue weighted by Gasteiger charge is -2.31. The van der Waals surface area contributed by atoms with Gasteiger partial charge in [-0.05, 0) is 18.2 Å². The number of rotatable bonds is 3. The van der Waals surface area contributed by atoms with E-state index < -0.39 is 16.1 Å². The summed E-state index contributed by atoms with van der Waals surface area (Å²) in [6.07, 6.45) is -0.516. The molecule has 7 nitrogen and oxygen atoms in total. The standard InChI is InChI=1S/C11H16N2O5S/c12-10-5-9(1-2-11(10)15)19(16,17)13-3-4-18-8(6-13)7-14/h1-2,5,8,14-15H,3-4,6-7,12H2. The Morgan fingerprint density at radius 1 is 1.47 bits per heavy atom. The maximum absolute atomic E-state index is 12.4. The van der Waals surface area contributed by atoms with Gasteiger partial charge in [0.15, 0.2) is 0 Å². The lowest BCUT2D eigenvalue weighted by atomic mass is 10.3. The zero-order valence-electron chi connectivity index (χ0n) is 10.2. The number of nitrogens with zero attached hydrogens (tertiary/aromatic N) is 1. The summed E-state index contributed by atoms with van der Waals surface area (Å²) in [5, 5.41) is 18.3. The minimum absolute atomic E-state index is 0.00745. The van der Waals surface area contributed by atoms with E-state index in [1.54, 1.807) is 0 Å². The maximum atomic E-state index is 12.4. The summed E-state index contributed by atoms with van der Waals surface area (Å²) in [5.74, 6) is -0.158. The van der Waals surface area contributed by atoms with Gasteiger partial charge in [0.25, 0.3) is 0 Å². The van der Waals surface area contributed by atoms with Gasteiger partial charge in [-0.15, -0.1) is 0 Å². The van der Waals surface area contributed by atoms with Crippen molar-refractivity contribution in [1.82, 2.24) is 4.31 Å².